The number of piperidine rings is 1. The first-order chi connectivity index (χ1) is 13.9. The predicted octanol–water partition coefficient (Wildman–Crippen LogP) is 1.57. The number of pyridine rings is 1. The summed E-state index contributed by atoms with van der Waals surface area (Å²) in [6.45, 7) is 8.76. The van der Waals surface area contributed by atoms with Crippen LogP contribution in [-0.2, 0) is 21.4 Å². The van der Waals surface area contributed by atoms with E-state index in [0.717, 1.165) is 57.5 Å². The number of fused-ring (bicyclic) bond motifs is 1. The van der Waals surface area contributed by atoms with E-state index in [9.17, 15) is 13.2 Å². The number of likely N-dealkylation sites (tertiary alicyclic amines) is 2. The molecule has 0 unspecified atom stereocenters. The number of hydrogen-bond donors (Lipinski definition) is 0. The largest absolute Gasteiger partial charge is 0.342 e. The second-order valence-electron chi connectivity index (χ2n) is 8.80. The monoisotopic (exact) mass is 420 g/mol. The molecule has 3 aliphatic rings. The molecule has 0 radical (unpaired) electrons. The van der Waals surface area contributed by atoms with Crippen LogP contribution < -0.4 is 0 Å². The summed E-state index contributed by atoms with van der Waals surface area (Å²) in [4.78, 5) is 22.1. The van der Waals surface area contributed by atoms with Gasteiger partial charge in [0.2, 0.25) is 15.9 Å². The van der Waals surface area contributed by atoms with Crippen molar-refractivity contribution in [3.8, 4) is 0 Å². The number of nitrogens with zero attached hydrogens (tertiary/aromatic N) is 4. The van der Waals surface area contributed by atoms with Gasteiger partial charge in [-0.3, -0.25) is 14.7 Å². The van der Waals surface area contributed by atoms with Crippen molar-refractivity contribution in [2.24, 2.45) is 10.8 Å². The molecule has 1 aromatic rings. The summed E-state index contributed by atoms with van der Waals surface area (Å²) >= 11 is 0. The molecule has 8 heteroatoms. The number of carbonyl (C=O) groups excluding carboxylic acids is 1. The van der Waals surface area contributed by atoms with Gasteiger partial charge in [0.05, 0.1) is 11.2 Å². The molecule has 3 aliphatic heterocycles. The van der Waals surface area contributed by atoms with Crippen LogP contribution in [0.3, 0.4) is 0 Å². The van der Waals surface area contributed by atoms with E-state index in [4.69, 9.17) is 0 Å². The number of carbonyl (C=O) groups is 1. The summed E-state index contributed by atoms with van der Waals surface area (Å²) in [7, 11) is -3.18. The summed E-state index contributed by atoms with van der Waals surface area (Å²) in [6.07, 6.45) is 6.07. The summed E-state index contributed by atoms with van der Waals surface area (Å²) in [5.41, 5.74) is 0.631. The SMILES string of the molecule is CCN1CC[C@]2(CN(Cc3cccnc3)CC23CCN(S(=O)(=O)CC)CC3)C1=O. The lowest BCUT2D eigenvalue weighted by molar-refractivity contribution is -0.141. The smallest absolute Gasteiger partial charge is 0.230 e. The van der Waals surface area contributed by atoms with Gasteiger partial charge in [0.1, 0.15) is 0 Å². The van der Waals surface area contributed by atoms with Crippen molar-refractivity contribution in [2.75, 3.05) is 45.0 Å². The minimum absolute atomic E-state index is 0.140. The molecule has 4 rings (SSSR count). The lowest BCUT2D eigenvalue weighted by Gasteiger charge is -2.46. The Balaban J connectivity index is 1.61. The lowest BCUT2D eigenvalue weighted by Crippen LogP contribution is -2.53. The Kier molecular flexibility index (Phi) is 5.46. The van der Waals surface area contributed by atoms with Crippen LogP contribution in [-0.4, -0.2) is 78.4 Å². The zero-order chi connectivity index (χ0) is 20.7. The molecule has 3 fully saturated rings. The fourth-order valence-electron chi connectivity index (χ4n) is 5.84. The molecule has 0 bridgehead atoms. The van der Waals surface area contributed by atoms with Gasteiger partial charge in [-0.15, -0.1) is 0 Å². The van der Waals surface area contributed by atoms with Gasteiger partial charge in [0.25, 0.3) is 0 Å². The molecule has 3 saturated heterocycles. The minimum atomic E-state index is -3.18. The van der Waals surface area contributed by atoms with Crippen LogP contribution in [0.2, 0.25) is 0 Å². The predicted molar refractivity (Wildman–Crippen MR) is 112 cm³/mol. The summed E-state index contributed by atoms with van der Waals surface area (Å²) in [6, 6.07) is 4.03. The third-order valence-corrected chi connectivity index (χ3v) is 9.37. The van der Waals surface area contributed by atoms with Crippen LogP contribution in [0, 0.1) is 10.8 Å². The standard InChI is InChI=1S/C21H32N4O3S/c1-3-24-11-9-21(19(24)26)17-23(15-18-6-5-10-22-14-18)16-20(21)7-12-25(13-8-20)29(27,28)4-2/h5-6,10,14H,3-4,7-9,11-13,15-17H2,1-2H3/t21-/m0/s1. The fourth-order valence-corrected chi connectivity index (χ4v) is 6.94. The Morgan fingerprint density at radius 2 is 1.86 bits per heavy atom. The van der Waals surface area contributed by atoms with Gasteiger partial charge in [-0.25, -0.2) is 12.7 Å². The molecule has 7 nitrogen and oxygen atoms in total. The number of rotatable bonds is 5. The van der Waals surface area contributed by atoms with Gasteiger partial charge < -0.3 is 4.90 Å². The third-order valence-electron chi connectivity index (χ3n) is 7.49. The van der Waals surface area contributed by atoms with Crippen LogP contribution >= 0.6 is 0 Å². The van der Waals surface area contributed by atoms with Gasteiger partial charge in [0, 0.05) is 63.6 Å². The van der Waals surface area contributed by atoms with Crippen molar-refractivity contribution in [1.82, 2.24) is 19.1 Å². The Morgan fingerprint density at radius 3 is 2.45 bits per heavy atom. The molecule has 160 valence electrons. The number of sulfonamides is 1. The molecular formula is C21H32N4O3S. The third kappa shape index (κ3) is 3.39. The highest BCUT2D eigenvalue weighted by Crippen LogP contribution is 2.58. The highest BCUT2D eigenvalue weighted by atomic mass is 32.2. The first-order valence-electron chi connectivity index (χ1n) is 10.7. The molecule has 1 aromatic heterocycles. The second kappa shape index (κ2) is 7.63. The van der Waals surface area contributed by atoms with Crippen molar-refractivity contribution in [3.63, 3.8) is 0 Å². The van der Waals surface area contributed by atoms with Crippen LogP contribution in [0.1, 0.15) is 38.7 Å². The molecule has 4 heterocycles. The molecule has 0 aliphatic carbocycles. The van der Waals surface area contributed by atoms with Gasteiger partial charge >= 0.3 is 0 Å². The fraction of sp³-hybridized carbons (Fsp3) is 0.714. The van der Waals surface area contributed by atoms with E-state index in [-0.39, 0.29) is 22.5 Å². The molecule has 1 atom stereocenters. The minimum Gasteiger partial charge on any atom is -0.342 e. The number of hydrogen-bond acceptors (Lipinski definition) is 5. The first kappa shape index (κ1) is 20.8. The number of aromatic nitrogens is 1. The average Bonchev–Trinajstić information content (AvgIpc) is 3.21. The molecule has 0 N–H and O–H groups in total. The molecule has 2 spiro atoms. The average molecular weight is 421 g/mol. The van der Waals surface area contributed by atoms with Crippen molar-refractivity contribution >= 4 is 15.9 Å². The van der Waals surface area contributed by atoms with Gasteiger partial charge in [-0.05, 0) is 44.7 Å². The van der Waals surface area contributed by atoms with E-state index in [2.05, 4.69) is 16.0 Å². The zero-order valence-electron chi connectivity index (χ0n) is 17.5. The van der Waals surface area contributed by atoms with Crippen LogP contribution in [0.15, 0.2) is 24.5 Å². The molecule has 0 aromatic carbocycles. The molecule has 29 heavy (non-hydrogen) atoms. The lowest BCUT2D eigenvalue weighted by atomic mass is 9.60. The first-order valence-corrected chi connectivity index (χ1v) is 12.4. The Bertz CT molecular complexity index is 852. The molecule has 1 amide bonds. The Hall–Kier alpha value is -1.51. The van der Waals surface area contributed by atoms with E-state index >= 15 is 0 Å². The van der Waals surface area contributed by atoms with Crippen molar-refractivity contribution < 1.29 is 13.2 Å². The van der Waals surface area contributed by atoms with E-state index in [0.29, 0.717) is 13.1 Å². The quantitative estimate of drug-likeness (QED) is 0.723. The van der Waals surface area contributed by atoms with E-state index in [1.807, 2.05) is 24.1 Å². The van der Waals surface area contributed by atoms with Crippen LogP contribution in [0.25, 0.3) is 0 Å². The highest BCUT2D eigenvalue weighted by Gasteiger charge is 2.65. The maximum Gasteiger partial charge on any atom is 0.230 e. The Labute approximate surface area is 174 Å². The zero-order valence-corrected chi connectivity index (χ0v) is 18.3. The topological polar surface area (TPSA) is 73.8 Å². The Morgan fingerprint density at radius 1 is 1.10 bits per heavy atom. The van der Waals surface area contributed by atoms with E-state index in [1.54, 1.807) is 17.4 Å². The molecular weight excluding hydrogens is 388 g/mol. The summed E-state index contributed by atoms with van der Waals surface area (Å²) in [5.74, 6) is 0.418. The normalized spacial score (nSPS) is 28.1. The number of amides is 1. The van der Waals surface area contributed by atoms with Crippen molar-refractivity contribution in [1.29, 1.82) is 0 Å². The van der Waals surface area contributed by atoms with Crippen LogP contribution in [0.4, 0.5) is 0 Å². The van der Waals surface area contributed by atoms with Crippen molar-refractivity contribution in [3.05, 3.63) is 30.1 Å². The van der Waals surface area contributed by atoms with Gasteiger partial charge in [-0.1, -0.05) is 6.07 Å². The second-order valence-corrected chi connectivity index (χ2v) is 11.1. The maximum atomic E-state index is 13.5. The maximum absolute atomic E-state index is 13.5. The summed E-state index contributed by atoms with van der Waals surface area (Å²) < 4.78 is 26.4. The van der Waals surface area contributed by atoms with Crippen LogP contribution in [0.5, 0.6) is 0 Å². The molecule has 0 saturated carbocycles. The van der Waals surface area contributed by atoms with Crippen molar-refractivity contribution in [2.45, 2.75) is 39.7 Å². The van der Waals surface area contributed by atoms with Gasteiger partial charge in [0.15, 0.2) is 0 Å². The summed E-state index contributed by atoms with van der Waals surface area (Å²) in [5, 5.41) is 0. The highest BCUT2D eigenvalue weighted by molar-refractivity contribution is 7.89. The van der Waals surface area contributed by atoms with Gasteiger partial charge in [-0.2, -0.15) is 0 Å². The van der Waals surface area contributed by atoms with E-state index in [1.165, 1.54) is 0 Å². The van der Waals surface area contributed by atoms with E-state index < -0.39 is 10.0 Å².